The number of carbonyl (C=O) groups excluding carboxylic acids is 1. The smallest absolute Gasteiger partial charge is 0.259 e. The molecular formula is C19H18FN3O2. The predicted octanol–water partition coefficient (Wildman–Crippen LogP) is 4.09. The molecule has 0 bridgehead atoms. The minimum Gasteiger partial charge on any atom is -0.506 e. The van der Waals surface area contributed by atoms with E-state index in [0.29, 0.717) is 22.6 Å². The summed E-state index contributed by atoms with van der Waals surface area (Å²) in [4.78, 5) is 12.7. The predicted molar refractivity (Wildman–Crippen MR) is 93.7 cm³/mol. The van der Waals surface area contributed by atoms with Crippen molar-refractivity contribution in [1.29, 1.82) is 0 Å². The zero-order valence-electron chi connectivity index (χ0n) is 13.9. The second-order valence-corrected chi connectivity index (χ2v) is 5.96. The summed E-state index contributed by atoms with van der Waals surface area (Å²) >= 11 is 0. The second kappa shape index (κ2) is 6.76. The molecule has 3 rings (SSSR count). The van der Waals surface area contributed by atoms with Gasteiger partial charge in [-0.3, -0.25) is 4.79 Å². The van der Waals surface area contributed by atoms with Crippen LogP contribution in [0.4, 0.5) is 10.1 Å². The number of hydrogen-bond acceptors (Lipinski definition) is 3. The fraction of sp³-hybridized carbons (Fsp3) is 0.158. The Morgan fingerprint density at radius 3 is 2.48 bits per heavy atom. The van der Waals surface area contributed by atoms with Gasteiger partial charge in [-0.25, -0.2) is 9.07 Å². The Balaban J connectivity index is 1.98. The number of halogens is 1. The minimum absolute atomic E-state index is 0.00660. The van der Waals surface area contributed by atoms with E-state index in [4.69, 9.17) is 0 Å². The van der Waals surface area contributed by atoms with Crippen LogP contribution >= 0.6 is 0 Å². The molecule has 0 aliphatic heterocycles. The molecule has 6 heteroatoms. The van der Waals surface area contributed by atoms with E-state index >= 15 is 0 Å². The topological polar surface area (TPSA) is 67.2 Å². The van der Waals surface area contributed by atoms with Gasteiger partial charge in [0.2, 0.25) is 0 Å². The summed E-state index contributed by atoms with van der Waals surface area (Å²) in [6.07, 6.45) is 1.48. The van der Waals surface area contributed by atoms with Crippen molar-refractivity contribution in [3.8, 4) is 11.4 Å². The molecule has 0 radical (unpaired) electrons. The molecule has 0 aliphatic rings. The Kier molecular flexibility index (Phi) is 4.52. The molecule has 1 amide bonds. The van der Waals surface area contributed by atoms with Crippen LogP contribution in [0.15, 0.2) is 54.7 Å². The average molecular weight is 339 g/mol. The van der Waals surface area contributed by atoms with E-state index in [2.05, 4.69) is 10.4 Å². The van der Waals surface area contributed by atoms with Crippen molar-refractivity contribution in [1.82, 2.24) is 9.78 Å². The van der Waals surface area contributed by atoms with Crippen molar-refractivity contribution in [2.45, 2.75) is 19.8 Å². The third kappa shape index (κ3) is 3.38. The van der Waals surface area contributed by atoms with Gasteiger partial charge in [0.05, 0.1) is 28.8 Å². The molecule has 0 fully saturated rings. The normalized spacial score (nSPS) is 10.9. The van der Waals surface area contributed by atoms with Crippen molar-refractivity contribution < 1.29 is 14.3 Å². The zero-order valence-corrected chi connectivity index (χ0v) is 13.9. The summed E-state index contributed by atoms with van der Waals surface area (Å²) in [6, 6.07) is 12.4. The highest BCUT2D eigenvalue weighted by atomic mass is 19.1. The number of phenolic OH excluding ortho intramolecular Hbond substituents is 1. The lowest BCUT2D eigenvalue weighted by Crippen LogP contribution is -2.15. The van der Waals surface area contributed by atoms with E-state index in [1.165, 1.54) is 24.4 Å². The Bertz CT molecular complexity index is 901. The lowest BCUT2D eigenvalue weighted by molar-refractivity contribution is 0.102. The van der Waals surface area contributed by atoms with Crippen molar-refractivity contribution in [2.75, 3.05) is 5.32 Å². The molecule has 3 aromatic rings. The van der Waals surface area contributed by atoms with Crippen LogP contribution in [0.3, 0.4) is 0 Å². The van der Waals surface area contributed by atoms with Gasteiger partial charge in [0.25, 0.3) is 5.91 Å². The summed E-state index contributed by atoms with van der Waals surface area (Å²) < 4.78 is 14.8. The van der Waals surface area contributed by atoms with Crippen molar-refractivity contribution in [2.24, 2.45) is 0 Å². The lowest BCUT2D eigenvalue weighted by atomic mass is 10.0. The molecule has 1 aromatic heterocycles. The number of aromatic hydroxyl groups is 1. The highest BCUT2D eigenvalue weighted by Crippen LogP contribution is 2.26. The van der Waals surface area contributed by atoms with E-state index in [1.807, 2.05) is 13.8 Å². The number of rotatable bonds is 4. The number of benzene rings is 2. The molecule has 0 aliphatic carbocycles. The summed E-state index contributed by atoms with van der Waals surface area (Å²) in [6.45, 7) is 3.90. The first kappa shape index (κ1) is 16.7. The summed E-state index contributed by atoms with van der Waals surface area (Å²) in [5.74, 6) is -0.691. The van der Waals surface area contributed by atoms with Crippen LogP contribution in [0.25, 0.3) is 5.69 Å². The fourth-order valence-corrected chi connectivity index (χ4v) is 2.65. The highest BCUT2D eigenvalue weighted by molar-refractivity contribution is 6.05. The van der Waals surface area contributed by atoms with E-state index in [0.717, 1.165) is 0 Å². The van der Waals surface area contributed by atoms with Crippen LogP contribution in [-0.4, -0.2) is 20.8 Å². The first-order valence-electron chi connectivity index (χ1n) is 7.90. The number of nitrogens with one attached hydrogen (secondary N) is 1. The van der Waals surface area contributed by atoms with E-state index < -0.39 is 0 Å². The van der Waals surface area contributed by atoms with Gasteiger partial charge in [0.15, 0.2) is 0 Å². The Morgan fingerprint density at radius 2 is 1.84 bits per heavy atom. The molecule has 25 heavy (non-hydrogen) atoms. The highest BCUT2D eigenvalue weighted by Gasteiger charge is 2.21. The van der Waals surface area contributed by atoms with E-state index in [1.54, 1.807) is 35.0 Å². The molecule has 2 N–H and O–H groups in total. The number of anilines is 1. The Hall–Kier alpha value is -3.15. The standard InChI is InChI=1S/C19H18FN3O2/c1-12(2)18-15(19(25)22-16-5-3-4-6-17(16)24)11-21-23(18)14-9-7-13(20)8-10-14/h3-12,24H,1-2H3,(H,22,25). The summed E-state index contributed by atoms with van der Waals surface area (Å²) in [5, 5.41) is 16.8. The number of phenols is 1. The molecule has 0 saturated carbocycles. The number of hydrogen-bond donors (Lipinski definition) is 2. The second-order valence-electron chi connectivity index (χ2n) is 5.96. The van der Waals surface area contributed by atoms with Crippen LogP contribution in [0.1, 0.15) is 35.8 Å². The van der Waals surface area contributed by atoms with Gasteiger partial charge < -0.3 is 10.4 Å². The van der Waals surface area contributed by atoms with Crippen molar-refractivity contribution in [3.05, 3.63) is 71.8 Å². The third-order valence-corrected chi connectivity index (χ3v) is 3.82. The monoisotopic (exact) mass is 339 g/mol. The lowest BCUT2D eigenvalue weighted by Gasteiger charge is -2.13. The first-order chi connectivity index (χ1) is 12.0. The van der Waals surface area contributed by atoms with Crippen LogP contribution in [0.5, 0.6) is 5.75 Å². The number of nitrogens with zero attached hydrogens (tertiary/aromatic N) is 2. The van der Waals surface area contributed by atoms with Gasteiger partial charge >= 0.3 is 0 Å². The molecule has 128 valence electrons. The van der Waals surface area contributed by atoms with Crippen LogP contribution < -0.4 is 5.32 Å². The molecule has 0 unspecified atom stereocenters. The average Bonchev–Trinajstić information content (AvgIpc) is 3.03. The van der Waals surface area contributed by atoms with Crippen LogP contribution in [-0.2, 0) is 0 Å². The Labute approximate surface area is 144 Å². The van der Waals surface area contributed by atoms with E-state index in [9.17, 15) is 14.3 Å². The summed E-state index contributed by atoms with van der Waals surface area (Å²) in [7, 11) is 0. The Morgan fingerprint density at radius 1 is 1.16 bits per heavy atom. The van der Waals surface area contributed by atoms with Crippen molar-refractivity contribution in [3.63, 3.8) is 0 Å². The van der Waals surface area contributed by atoms with Gasteiger partial charge in [0.1, 0.15) is 11.6 Å². The van der Waals surface area contributed by atoms with Gasteiger partial charge in [0, 0.05) is 0 Å². The minimum atomic E-state index is -0.362. The first-order valence-corrected chi connectivity index (χ1v) is 7.90. The molecule has 0 saturated heterocycles. The van der Waals surface area contributed by atoms with Gasteiger partial charge in [-0.05, 0) is 42.3 Å². The molecule has 2 aromatic carbocycles. The van der Waals surface area contributed by atoms with Crippen LogP contribution in [0, 0.1) is 5.82 Å². The van der Waals surface area contributed by atoms with Crippen LogP contribution in [0.2, 0.25) is 0 Å². The van der Waals surface area contributed by atoms with Gasteiger partial charge in [-0.15, -0.1) is 0 Å². The molecule has 5 nitrogen and oxygen atoms in total. The maximum absolute atomic E-state index is 13.2. The quantitative estimate of drug-likeness (QED) is 0.704. The summed E-state index contributed by atoms with van der Waals surface area (Å²) in [5.41, 5.74) is 2.12. The number of amides is 1. The maximum Gasteiger partial charge on any atom is 0.259 e. The van der Waals surface area contributed by atoms with Gasteiger partial charge in [-0.1, -0.05) is 26.0 Å². The largest absolute Gasteiger partial charge is 0.506 e. The molecule has 0 atom stereocenters. The fourth-order valence-electron chi connectivity index (χ4n) is 2.65. The zero-order chi connectivity index (χ0) is 18.0. The van der Waals surface area contributed by atoms with Gasteiger partial charge in [-0.2, -0.15) is 5.10 Å². The molecule has 0 spiro atoms. The molecular weight excluding hydrogens is 321 g/mol. The van der Waals surface area contributed by atoms with E-state index in [-0.39, 0.29) is 23.4 Å². The SMILES string of the molecule is CC(C)c1c(C(=O)Nc2ccccc2O)cnn1-c1ccc(F)cc1. The number of aromatic nitrogens is 2. The maximum atomic E-state index is 13.2. The number of carbonyl (C=O) groups is 1. The number of para-hydroxylation sites is 2. The molecule has 1 heterocycles. The third-order valence-electron chi connectivity index (χ3n) is 3.82. The van der Waals surface area contributed by atoms with Crippen molar-refractivity contribution >= 4 is 11.6 Å².